The first-order valence-corrected chi connectivity index (χ1v) is 15.0. The molecule has 3 aromatic rings. The maximum atomic E-state index is 11.4. The Morgan fingerprint density at radius 1 is 0.614 bits per heavy atom. The molecule has 0 saturated carbocycles. The molecule has 0 fully saturated rings. The van der Waals surface area contributed by atoms with Gasteiger partial charge in [-0.15, -0.1) is 0 Å². The summed E-state index contributed by atoms with van der Waals surface area (Å²) in [4.78, 5) is 22.4. The van der Waals surface area contributed by atoms with Crippen LogP contribution in [0.2, 0.25) is 0 Å². The quantitative estimate of drug-likeness (QED) is 0.0625. The van der Waals surface area contributed by atoms with Crippen molar-refractivity contribution < 1.29 is 33.6 Å². The number of benzene rings is 3. The molecule has 7 heteroatoms. The number of aliphatic hydroxyl groups excluding tert-OH is 1. The number of esters is 2. The third kappa shape index (κ3) is 12.7. The lowest BCUT2D eigenvalue weighted by Crippen LogP contribution is -2.10. The molecule has 0 spiro atoms. The monoisotopic (exact) mass is 598 g/mol. The number of hydrogen-bond acceptors (Lipinski definition) is 7. The van der Waals surface area contributed by atoms with Gasteiger partial charge in [0.2, 0.25) is 0 Å². The Morgan fingerprint density at radius 2 is 1.05 bits per heavy atom. The fourth-order valence-electron chi connectivity index (χ4n) is 4.10. The van der Waals surface area contributed by atoms with Crippen LogP contribution in [-0.2, 0) is 19.1 Å². The van der Waals surface area contributed by atoms with Crippen LogP contribution in [0, 0.1) is 0 Å². The average Bonchev–Trinajstić information content (AvgIpc) is 3.07. The van der Waals surface area contributed by atoms with E-state index in [1.54, 1.807) is 0 Å². The molecule has 3 aromatic carbocycles. The van der Waals surface area contributed by atoms with Gasteiger partial charge in [0.05, 0.1) is 38.6 Å². The predicted molar refractivity (Wildman–Crippen MR) is 174 cm³/mol. The van der Waals surface area contributed by atoms with Gasteiger partial charge in [-0.2, -0.15) is 0 Å². The van der Waals surface area contributed by atoms with Crippen LogP contribution in [0.5, 0.6) is 11.5 Å². The highest BCUT2D eigenvalue weighted by Gasteiger charge is 2.06. The van der Waals surface area contributed by atoms with Gasteiger partial charge < -0.3 is 24.1 Å². The van der Waals surface area contributed by atoms with Crippen LogP contribution in [0.25, 0.3) is 23.3 Å². The molecule has 0 amide bonds. The fourth-order valence-corrected chi connectivity index (χ4v) is 4.10. The van der Waals surface area contributed by atoms with Crippen LogP contribution >= 0.6 is 0 Å². The van der Waals surface area contributed by atoms with Crippen molar-refractivity contribution in [3.8, 4) is 22.6 Å². The first-order chi connectivity index (χ1) is 21.5. The zero-order valence-corrected chi connectivity index (χ0v) is 25.2. The molecular formula is C37H42O7. The van der Waals surface area contributed by atoms with Gasteiger partial charge in [0, 0.05) is 6.08 Å². The molecule has 3 rings (SSSR count). The summed E-state index contributed by atoms with van der Waals surface area (Å²) in [5.41, 5.74) is 4.53. The molecule has 232 valence electrons. The smallest absolute Gasteiger partial charge is 0.335 e. The topological polar surface area (TPSA) is 91.3 Å². The van der Waals surface area contributed by atoms with Crippen molar-refractivity contribution in [1.29, 1.82) is 0 Å². The molecule has 0 aliphatic heterocycles. The van der Waals surface area contributed by atoms with Crippen molar-refractivity contribution >= 4 is 24.1 Å². The minimum atomic E-state index is -0.534. The molecule has 0 aromatic heterocycles. The van der Waals surface area contributed by atoms with Gasteiger partial charge in [-0.25, -0.2) is 9.59 Å². The molecular weight excluding hydrogens is 556 g/mol. The van der Waals surface area contributed by atoms with Crippen LogP contribution in [0.1, 0.15) is 49.7 Å². The maximum Gasteiger partial charge on any atom is 0.335 e. The summed E-state index contributed by atoms with van der Waals surface area (Å²) in [6.45, 7) is 8.35. The van der Waals surface area contributed by atoms with Crippen LogP contribution in [-0.4, -0.2) is 50.1 Å². The Labute approximate surface area is 260 Å². The highest BCUT2D eigenvalue weighted by atomic mass is 16.5. The zero-order chi connectivity index (χ0) is 31.4. The van der Waals surface area contributed by atoms with Gasteiger partial charge in [-0.05, 0) is 85.0 Å². The Balaban J connectivity index is 1.32. The summed E-state index contributed by atoms with van der Waals surface area (Å²) in [7, 11) is 0. The number of unbranched alkanes of at least 4 members (excludes halogenated alkanes) is 4. The summed E-state index contributed by atoms with van der Waals surface area (Å²) < 4.78 is 21.6. The molecule has 0 bridgehead atoms. The van der Waals surface area contributed by atoms with E-state index in [-0.39, 0.29) is 12.2 Å². The summed E-state index contributed by atoms with van der Waals surface area (Å²) in [6.07, 6.45) is 10.5. The SMILES string of the molecule is C=CC(=O)OCCCCOc1ccc(-c2ccc(/C=C/c3ccc(OCCCCCCOC(=O)C(=C)CO)cc3)cc2)cc1. The first kappa shape index (κ1) is 33.9. The lowest BCUT2D eigenvalue weighted by molar-refractivity contribution is -0.140. The molecule has 7 nitrogen and oxygen atoms in total. The lowest BCUT2D eigenvalue weighted by Gasteiger charge is -2.08. The Hall–Kier alpha value is -4.62. The predicted octanol–water partition coefficient (Wildman–Crippen LogP) is 7.44. The molecule has 1 N–H and O–H groups in total. The van der Waals surface area contributed by atoms with E-state index in [0.29, 0.717) is 26.4 Å². The van der Waals surface area contributed by atoms with Crippen LogP contribution < -0.4 is 9.47 Å². The molecule has 0 atom stereocenters. The second-order valence-electron chi connectivity index (χ2n) is 10.1. The van der Waals surface area contributed by atoms with E-state index in [1.165, 1.54) is 6.08 Å². The van der Waals surface area contributed by atoms with E-state index >= 15 is 0 Å². The minimum absolute atomic E-state index is 0.0799. The van der Waals surface area contributed by atoms with Crippen LogP contribution in [0.3, 0.4) is 0 Å². The van der Waals surface area contributed by atoms with Crippen LogP contribution in [0.15, 0.2) is 97.6 Å². The van der Waals surface area contributed by atoms with Crippen molar-refractivity contribution in [2.75, 3.05) is 33.0 Å². The summed E-state index contributed by atoms with van der Waals surface area (Å²) >= 11 is 0. The molecule has 0 aliphatic carbocycles. The standard InChI is InChI=1S/C37H42O7/c1-3-36(39)43-26-9-8-25-42-35-22-18-33(19-23-35)32-16-12-30(13-17-32)10-11-31-14-20-34(21-15-31)41-24-6-4-5-7-27-44-37(40)29(2)28-38/h3,10-23,38H,1-2,4-9,24-28H2/b11-10+. The van der Waals surface area contributed by atoms with Gasteiger partial charge in [-0.3, -0.25) is 0 Å². The van der Waals surface area contributed by atoms with E-state index in [0.717, 1.165) is 72.3 Å². The Bertz CT molecular complexity index is 1340. The third-order valence-electron chi connectivity index (χ3n) is 6.69. The van der Waals surface area contributed by atoms with Gasteiger partial charge >= 0.3 is 11.9 Å². The van der Waals surface area contributed by atoms with E-state index < -0.39 is 11.9 Å². The second-order valence-corrected chi connectivity index (χ2v) is 10.1. The number of aliphatic hydroxyl groups is 1. The van der Waals surface area contributed by atoms with E-state index in [9.17, 15) is 9.59 Å². The van der Waals surface area contributed by atoms with Gasteiger partial charge in [0.25, 0.3) is 0 Å². The molecule has 0 radical (unpaired) electrons. The average molecular weight is 599 g/mol. The number of rotatable bonds is 20. The van der Waals surface area contributed by atoms with Crippen molar-refractivity contribution in [3.05, 3.63) is 109 Å². The summed E-state index contributed by atoms with van der Waals surface area (Å²) in [5.74, 6) is 0.720. The maximum absolute atomic E-state index is 11.4. The van der Waals surface area contributed by atoms with Crippen LogP contribution in [0.4, 0.5) is 0 Å². The van der Waals surface area contributed by atoms with E-state index in [4.69, 9.17) is 24.1 Å². The van der Waals surface area contributed by atoms with Crippen molar-refractivity contribution in [2.24, 2.45) is 0 Å². The molecule has 0 heterocycles. The largest absolute Gasteiger partial charge is 0.494 e. The number of ether oxygens (including phenoxy) is 4. The normalized spacial score (nSPS) is 10.8. The summed E-state index contributed by atoms with van der Waals surface area (Å²) in [5, 5.41) is 8.85. The minimum Gasteiger partial charge on any atom is -0.494 e. The lowest BCUT2D eigenvalue weighted by atomic mass is 10.0. The fraction of sp³-hybridized carbons (Fsp3) is 0.297. The van der Waals surface area contributed by atoms with Gasteiger partial charge in [-0.1, -0.05) is 73.8 Å². The number of carbonyl (C=O) groups is 2. The summed E-state index contributed by atoms with van der Waals surface area (Å²) in [6, 6.07) is 24.5. The highest BCUT2D eigenvalue weighted by Crippen LogP contribution is 2.24. The van der Waals surface area contributed by atoms with E-state index in [2.05, 4.69) is 49.6 Å². The van der Waals surface area contributed by atoms with Gasteiger partial charge in [0.1, 0.15) is 11.5 Å². The highest BCUT2D eigenvalue weighted by molar-refractivity contribution is 5.87. The zero-order valence-electron chi connectivity index (χ0n) is 25.2. The van der Waals surface area contributed by atoms with Crippen molar-refractivity contribution in [3.63, 3.8) is 0 Å². The second kappa shape index (κ2) is 19.5. The van der Waals surface area contributed by atoms with Crippen molar-refractivity contribution in [1.82, 2.24) is 0 Å². The molecule has 44 heavy (non-hydrogen) atoms. The first-order valence-electron chi connectivity index (χ1n) is 15.0. The molecule has 0 saturated heterocycles. The molecule has 0 aliphatic rings. The number of hydrogen-bond donors (Lipinski definition) is 1. The van der Waals surface area contributed by atoms with Crippen molar-refractivity contribution in [2.45, 2.75) is 38.5 Å². The van der Waals surface area contributed by atoms with E-state index in [1.807, 2.05) is 48.5 Å². The van der Waals surface area contributed by atoms with Gasteiger partial charge in [0.15, 0.2) is 0 Å². The Morgan fingerprint density at radius 3 is 1.59 bits per heavy atom. The third-order valence-corrected chi connectivity index (χ3v) is 6.69. The number of carbonyl (C=O) groups excluding carboxylic acids is 2. The molecule has 0 unspecified atom stereocenters. The Kier molecular flexibility index (Phi) is 15.0.